The Morgan fingerprint density at radius 3 is 2.41 bits per heavy atom. The molecule has 0 aliphatic rings. The van der Waals surface area contributed by atoms with E-state index in [4.69, 9.17) is 10.8 Å². The van der Waals surface area contributed by atoms with Crippen LogP contribution in [0.2, 0.25) is 0 Å². The van der Waals surface area contributed by atoms with Crippen molar-refractivity contribution in [3.8, 4) is 0 Å². The number of nitrogens with two attached hydrogens (primary N) is 1. The van der Waals surface area contributed by atoms with Gasteiger partial charge in [0.1, 0.15) is 6.04 Å². The van der Waals surface area contributed by atoms with Gasteiger partial charge < -0.3 is 16.2 Å². The summed E-state index contributed by atoms with van der Waals surface area (Å²) in [6, 6.07) is 6.05. The Hall–Kier alpha value is -1.88. The molecule has 1 atom stereocenters. The predicted octanol–water partition coefficient (Wildman–Crippen LogP) is 0.391. The SMILES string of the molecule is C[C@@H](NC(=O)c1ccc(CCN)cc1)C(=O)O. The summed E-state index contributed by atoms with van der Waals surface area (Å²) in [6.07, 6.45) is 0.757. The smallest absolute Gasteiger partial charge is 0.325 e. The molecule has 0 aliphatic carbocycles. The van der Waals surface area contributed by atoms with Gasteiger partial charge in [-0.25, -0.2) is 0 Å². The highest BCUT2D eigenvalue weighted by Gasteiger charge is 2.14. The second-order valence-electron chi connectivity index (χ2n) is 3.77. The van der Waals surface area contributed by atoms with Crippen molar-refractivity contribution in [1.82, 2.24) is 5.32 Å². The van der Waals surface area contributed by atoms with Crippen molar-refractivity contribution in [3.63, 3.8) is 0 Å². The summed E-state index contributed by atoms with van der Waals surface area (Å²) >= 11 is 0. The lowest BCUT2D eigenvalue weighted by Gasteiger charge is -2.09. The molecule has 0 saturated heterocycles. The lowest BCUT2D eigenvalue weighted by Crippen LogP contribution is -2.38. The summed E-state index contributed by atoms with van der Waals surface area (Å²) in [5.41, 5.74) is 6.91. The fourth-order valence-electron chi connectivity index (χ4n) is 1.33. The van der Waals surface area contributed by atoms with E-state index in [1.807, 2.05) is 12.1 Å². The van der Waals surface area contributed by atoms with Crippen molar-refractivity contribution in [3.05, 3.63) is 35.4 Å². The fourth-order valence-corrected chi connectivity index (χ4v) is 1.33. The van der Waals surface area contributed by atoms with Gasteiger partial charge >= 0.3 is 5.97 Å². The van der Waals surface area contributed by atoms with E-state index in [0.29, 0.717) is 12.1 Å². The maximum Gasteiger partial charge on any atom is 0.325 e. The molecular formula is C12H16N2O3. The summed E-state index contributed by atoms with van der Waals surface area (Å²) in [5.74, 6) is -1.45. The zero-order valence-electron chi connectivity index (χ0n) is 9.64. The molecule has 0 aromatic heterocycles. The third kappa shape index (κ3) is 3.88. The van der Waals surface area contributed by atoms with Crippen LogP contribution in [0, 0.1) is 0 Å². The number of aliphatic carboxylic acids is 1. The number of rotatable bonds is 5. The molecule has 0 radical (unpaired) electrons. The molecular weight excluding hydrogens is 220 g/mol. The molecule has 1 aromatic rings. The first-order valence-electron chi connectivity index (χ1n) is 5.37. The Kier molecular flexibility index (Phi) is 4.66. The lowest BCUT2D eigenvalue weighted by atomic mass is 10.1. The number of nitrogens with one attached hydrogen (secondary N) is 1. The highest BCUT2D eigenvalue weighted by molar-refractivity contribution is 5.96. The van der Waals surface area contributed by atoms with Crippen molar-refractivity contribution in [2.45, 2.75) is 19.4 Å². The fraction of sp³-hybridized carbons (Fsp3) is 0.333. The van der Waals surface area contributed by atoms with Crippen molar-refractivity contribution in [2.75, 3.05) is 6.54 Å². The Bertz CT molecular complexity index is 401. The average Bonchev–Trinajstić information content (AvgIpc) is 2.30. The zero-order valence-corrected chi connectivity index (χ0v) is 9.64. The Morgan fingerprint density at radius 1 is 1.35 bits per heavy atom. The first kappa shape index (κ1) is 13.2. The predicted molar refractivity (Wildman–Crippen MR) is 63.8 cm³/mol. The van der Waals surface area contributed by atoms with Crippen molar-refractivity contribution >= 4 is 11.9 Å². The summed E-state index contributed by atoms with van der Waals surface area (Å²) < 4.78 is 0. The Balaban J connectivity index is 2.66. The molecule has 4 N–H and O–H groups in total. The van der Waals surface area contributed by atoms with E-state index in [2.05, 4.69) is 5.32 Å². The van der Waals surface area contributed by atoms with Crippen LogP contribution in [0.15, 0.2) is 24.3 Å². The molecule has 92 valence electrons. The third-order valence-corrected chi connectivity index (χ3v) is 2.37. The van der Waals surface area contributed by atoms with Crippen LogP contribution in [-0.2, 0) is 11.2 Å². The molecule has 0 aliphatic heterocycles. The van der Waals surface area contributed by atoms with E-state index in [-0.39, 0.29) is 5.91 Å². The number of amides is 1. The summed E-state index contributed by atoms with van der Waals surface area (Å²) in [7, 11) is 0. The Labute approximate surface area is 99.6 Å². The highest BCUT2D eigenvalue weighted by atomic mass is 16.4. The number of hydrogen-bond donors (Lipinski definition) is 3. The van der Waals surface area contributed by atoms with E-state index in [9.17, 15) is 9.59 Å². The second kappa shape index (κ2) is 6.00. The zero-order chi connectivity index (χ0) is 12.8. The van der Waals surface area contributed by atoms with E-state index >= 15 is 0 Å². The largest absolute Gasteiger partial charge is 0.480 e. The minimum Gasteiger partial charge on any atom is -0.480 e. The standard InChI is InChI=1S/C12H16N2O3/c1-8(12(16)17)14-11(15)10-4-2-9(3-5-10)6-7-13/h2-5,8H,6-7,13H2,1H3,(H,14,15)(H,16,17)/t8-/m1/s1. The van der Waals surface area contributed by atoms with Crippen molar-refractivity contribution < 1.29 is 14.7 Å². The first-order valence-corrected chi connectivity index (χ1v) is 5.37. The molecule has 5 nitrogen and oxygen atoms in total. The van der Waals surface area contributed by atoms with Gasteiger partial charge in [0.15, 0.2) is 0 Å². The number of hydrogen-bond acceptors (Lipinski definition) is 3. The molecule has 0 spiro atoms. The van der Waals surface area contributed by atoms with Gasteiger partial charge in [-0.2, -0.15) is 0 Å². The van der Waals surface area contributed by atoms with Crippen LogP contribution in [0.3, 0.4) is 0 Å². The monoisotopic (exact) mass is 236 g/mol. The van der Waals surface area contributed by atoms with Crippen LogP contribution >= 0.6 is 0 Å². The van der Waals surface area contributed by atoms with Gasteiger partial charge in [0.05, 0.1) is 0 Å². The number of benzene rings is 1. The van der Waals surface area contributed by atoms with Crippen molar-refractivity contribution in [1.29, 1.82) is 0 Å². The highest BCUT2D eigenvalue weighted by Crippen LogP contribution is 2.05. The van der Waals surface area contributed by atoms with Gasteiger partial charge in [-0.3, -0.25) is 9.59 Å². The van der Waals surface area contributed by atoms with Gasteiger partial charge in [-0.15, -0.1) is 0 Å². The van der Waals surface area contributed by atoms with E-state index in [1.165, 1.54) is 6.92 Å². The molecule has 0 fully saturated rings. The quantitative estimate of drug-likeness (QED) is 0.689. The topological polar surface area (TPSA) is 92.4 Å². The second-order valence-corrected chi connectivity index (χ2v) is 3.77. The molecule has 0 saturated carbocycles. The normalized spacial score (nSPS) is 11.9. The molecule has 1 amide bonds. The van der Waals surface area contributed by atoms with E-state index in [1.54, 1.807) is 12.1 Å². The van der Waals surface area contributed by atoms with Crippen LogP contribution in [-0.4, -0.2) is 29.6 Å². The van der Waals surface area contributed by atoms with Gasteiger partial charge in [0.25, 0.3) is 5.91 Å². The number of carbonyl (C=O) groups is 2. The molecule has 5 heteroatoms. The number of carboxylic acid groups (broad SMARTS) is 1. The van der Waals surface area contributed by atoms with Crippen LogP contribution < -0.4 is 11.1 Å². The van der Waals surface area contributed by atoms with E-state index < -0.39 is 12.0 Å². The molecule has 0 unspecified atom stereocenters. The van der Waals surface area contributed by atoms with Gasteiger partial charge in [-0.05, 0) is 37.6 Å². The molecule has 0 bridgehead atoms. The van der Waals surface area contributed by atoms with Gasteiger partial charge in [-0.1, -0.05) is 12.1 Å². The minimum atomic E-state index is -1.06. The Morgan fingerprint density at radius 2 is 1.94 bits per heavy atom. The first-order chi connectivity index (χ1) is 8.04. The summed E-state index contributed by atoms with van der Waals surface area (Å²) in [4.78, 5) is 22.2. The maximum absolute atomic E-state index is 11.6. The molecule has 17 heavy (non-hydrogen) atoms. The lowest BCUT2D eigenvalue weighted by molar-refractivity contribution is -0.138. The number of carbonyl (C=O) groups excluding carboxylic acids is 1. The third-order valence-electron chi connectivity index (χ3n) is 2.37. The molecule has 1 aromatic carbocycles. The number of carboxylic acids is 1. The van der Waals surface area contributed by atoms with Crippen LogP contribution in [0.5, 0.6) is 0 Å². The maximum atomic E-state index is 11.6. The minimum absolute atomic E-state index is 0.390. The average molecular weight is 236 g/mol. The van der Waals surface area contributed by atoms with Crippen LogP contribution in [0.4, 0.5) is 0 Å². The van der Waals surface area contributed by atoms with E-state index in [0.717, 1.165) is 12.0 Å². The molecule has 0 heterocycles. The summed E-state index contributed by atoms with van der Waals surface area (Å²) in [6.45, 7) is 1.98. The van der Waals surface area contributed by atoms with Crippen LogP contribution in [0.1, 0.15) is 22.8 Å². The van der Waals surface area contributed by atoms with Gasteiger partial charge in [0.2, 0.25) is 0 Å². The van der Waals surface area contributed by atoms with Crippen molar-refractivity contribution in [2.24, 2.45) is 5.73 Å². The molecule has 1 rings (SSSR count). The summed E-state index contributed by atoms with van der Waals surface area (Å²) in [5, 5.41) is 11.0. The van der Waals surface area contributed by atoms with Crippen LogP contribution in [0.25, 0.3) is 0 Å². The van der Waals surface area contributed by atoms with Gasteiger partial charge in [0, 0.05) is 5.56 Å².